The first-order chi connectivity index (χ1) is 5.84. The third kappa shape index (κ3) is 2.74. The van der Waals surface area contributed by atoms with Gasteiger partial charge < -0.3 is 5.32 Å². The van der Waals surface area contributed by atoms with Gasteiger partial charge in [-0.1, -0.05) is 37.1 Å². The summed E-state index contributed by atoms with van der Waals surface area (Å²) in [4.78, 5) is 0. The molecule has 0 aliphatic carbocycles. The number of halogens is 1. The van der Waals surface area contributed by atoms with Crippen molar-refractivity contribution in [1.82, 2.24) is 0 Å². The van der Waals surface area contributed by atoms with E-state index in [0.29, 0.717) is 0 Å². The Labute approximate surface area is 78.7 Å². The molecule has 0 aliphatic heterocycles. The second kappa shape index (κ2) is 5.04. The van der Waals surface area contributed by atoms with E-state index < -0.39 is 0 Å². The molecule has 0 bridgehead atoms. The molecule has 0 saturated heterocycles. The van der Waals surface area contributed by atoms with Gasteiger partial charge in [0, 0.05) is 6.54 Å². The highest BCUT2D eigenvalue weighted by Gasteiger charge is 1.95. The zero-order valence-corrected chi connectivity index (χ0v) is 8.06. The summed E-state index contributed by atoms with van der Waals surface area (Å²) in [6.07, 6.45) is 2.39. The quantitative estimate of drug-likeness (QED) is 0.704. The van der Waals surface area contributed by atoms with E-state index in [-0.39, 0.29) is 0 Å². The third-order valence-electron chi connectivity index (χ3n) is 1.72. The lowest BCUT2D eigenvalue weighted by Gasteiger charge is -2.06. The molecule has 0 fully saturated rings. The fourth-order valence-corrected chi connectivity index (χ4v) is 1.21. The Kier molecular flexibility index (Phi) is 3.95. The Morgan fingerprint density at radius 3 is 2.75 bits per heavy atom. The van der Waals surface area contributed by atoms with E-state index in [4.69, 9.17) is 11.6 Å². The van der Waals surface area contributed by atoms with Crippen LogP contribution in [0.2, 0.25) is 5.02 Å². The fraction of sp³-hybridized carbons (Fsp3) is 0.400. The summed E-state index contributed by atoms with van der Waals surface area (Å²) < 4.78 is 0. The van der Waals surface area contributed by atoms with Gasteiger partial charge in [0.15, 0.2) is 0 Å². The first-order valence-electron chi connectivity index (χ1n) is 4.33. The number of nitrogens with one attached hydrogen (secondary N) is 1. The minimum atomic E-state index is 0.800. The van der Waals surface area contributed by atoms with Crippen molar-refractivity contribution >= 4 is 17.3 Å². The van der Waals surface area contributed by atoms with Gasteiger partial charge in [-0.25, -0.2) is 0 Å². The Balaban J connectivity index is 2.46. The molecule has 0 spiro atoms. The first kappa shape index (κ1) is 9.40. The SMILES string of the molecule is CCCCNc1ccccc1Cl. The van der Waals surface area contributed by atoms with E-state index in [1.165, 1.54) is 12.8 Å². The molecule has 12 heavy (non-hydrogen) atoms. The molecule has 0 unspecified atom stereocenters. The molecule has 0 saturated carbocycles. The van der Waals surface area contributed by atoms with Gasteiger partial charge in [0.2, 0.25) is 0 Å². The molecule has 0 aromatic heterocycles. The van der Waals surface area contributed by atoms with Gasteiger partial charge in [0.25, 0.3) is 0 Å². The largest absolute Gasteiger partial charge is 0.384 e. The van der Waals surface area contributed by atoms with Gasteiger partial charge in [-0.3, -0.25) is 0 Å². The maximum atomic E-state index is 5.94. The lowest BCUT2D eigenvalue weighted by molar-refractivity contribution is 0.834. The molecule has 0 amide bonds. The Bertz CT molecular complexity index is 235. The molecule has 1 aromatic carbocycles. The standard InChI is InChI=1S/C10H14ClN/c1-2-3-8-12-10-7-5-4-6-9(10)11/h4-7,12H,2-3,8H2,1H3. The van der Waals surface area contributed by atoms with Crippen LogP contribution in [0.15, 0.2) is 24.3 Å². The van der Waals surface area contributed by atoms with Crippen molar-refractivity contribution in [2.24, 2.45) is 0 Å². The van der Waals surface area contributed by atoms with Crippen molar-refractivity contribution in [2.45, 2.75) is 19.8 Å². The van der Waals surface area contributed by atoms with Crippen molar-refractivity contribution in [2.75, 3.05) is 11.9 Å². The number of hydrogen-bond donors (Lipinski definition) is 1. The van der Waals surface area contributed by atoms with Crippen LogP contribution < -0.4 is 5.32 Å². The fourth-order valence-electron chi connectivity index (χ4n) is 1.00. The van der Waals surface area contributed by atoms with E-state index in [0.717, 1.165) is 17.3 Å². The predicted molar refractivity (Wildman–Crippen MR) is 54.8 cm³/mol. The number of hydrogen-bond acceptors (Lipinski definition) is 1. The third-order valence-corrected chi connectivity index (χ3v) is 2.05. The van der Waals surface area contributed by atoms with Crippen LogP contribution in [0.25, 0.3) is 0 Å². The molecular weight excluding hydrogens is 170 g/mol. The number of benzene rings is 1. The van der Waals surface area contributed by atoms with Crippen LogP contribution in [0.4, 0.5) is 5.69 Å². The molecule has 2 heteroatoms. The summed E-state index contributed by atoms with van der Waals surface area (Å²) in [5.41, 5.74) is 1.03. The van der Waals surface area contributed by atoms with Gasteiger partial charge in [-0.05, 0) is 18.6 Å². The van der Waals surface area contributed by atoms with E-state index in [1.54, 1.807) is 0 Å². The van der Waals surface area contributed by atoms with E-state index >= 15 is 0 Å². The minimum Gasteiger partial charge on any atom is -0.384 e. The topological polar surface area (TPSA) is 12.0 Å². The zero-order valence-electron chi connectivity index (χ0n) is 7.31. The molecule has 66 valence electrons. The maximum Gasteiger partial charge on any atom is 0.0637 e. The summed E-state index contributed by atoms with van der Waals surface area (Å²) in [5, 5.41) is 4.08. The second-order valence-corrected chi connectivity index (χ2v) is 3.17. The molecule has 1 nitrogen and oxygen atoms in total. The van der Waals surface area contributed by atoms with E-state index in [2.05, 4.69) is 12.2 Å². The van der Waals surface area contributed by atoms with Crippen LogP contribution >= 0.6 is 11.6 Å². The van der Waals surface area contributed by atoms with Crippen molar-refractivity contribution < 1.29 is 0 Å². The number of rotatable bonds is 4. The van der Waals surface area contributed by atoms with Crippen LogP contribution in [-0.2, 0) is 0 Å². The summed E-state index contributed by atoms with van der Waals surface area (Å²) >= 11 is 5.94. The van der Waals surface area contributed by atoms with Crippen LogP contribution in [0.1, 0.15) is 19.8 Å². The Hall–Kier alpha value is -0.690. The first-order valence-corrected chi connectivity index (χ1v) is 4.70. The highest BCUT2D eigenvalue weighted by Crippen LogP contribution is 2.20. The summed E-state index contributed by atoms with van der Waals surface area (Å²) in [5.74, 6) is 0. The average molecular weight is 184 g/mol. The molecule has 0 aliphatic rings. The van der Waals surface area contributed by atoms with Crippen LogP contribution in [0.3, 0.4) is 0 Å². The second-order valence-electron chi connectivity index (χ2n) is 2.76. The smallest absolute Gasteiger partial charge is 0.0637 e. The van der Waals surface area contributed by atoms with E-state index in [9.17, 15) is 0 Å². The van der Waals surface area contributed by atoms with Crippen molar-refractivity contribution in [1.29, 1.82) is 0 Å². The molecule has 0 atom stereocenters. The van der Waals surface area contributed by atoms with Gasteiger partial charge in [-0.2, -0.15) is 0 Å². The van der Waals surface area contributed by atoms with Crippen molar-refractivity contribution in [3.8, 4) is 0 Å². The van der Waals surface area contributed by atoms with E-state index in [1.807, 2.05) is 24.3 Å². The molecule has 1 aromatic rings. The van der Waals surface area contributed by atoms with Gasteiger partial charge in [0.1, 0.15) is 0 Å². The highest BCUT2D eigenvalue weighted by atomic mass is 35.5. The predicted octanol–water partition coefficient (Wildman–Crippen LogP) is 3.55. The van der Waals surface area contributed by atoms with Crippen molar-refractivity contribution in [3.05, 3.63) is 29.3 Å². The zero-order chi connectivity index (χ0) is 8.81. The average Bonchev–Trinajstić information content (AvgIpc) is 2.09. The Morgan fingerprint density at radius 1 is 1.33 bits per heavy atom. The summed E-state index contributed by atoms with van der Waals surface area (Å²) in [7, 11) is 0. The highest BCUT2D eigenvalue weighted by molar-refractivity contribution is 6.33. The normalized spacial score (nSPS) is 9.83. The van der Waals surface area contributed by atoms with Crippen LogP contribution in [0.5, 0.6) is 0 Å². The van der Waals surface area contributed by atoms with Crippen molar-refractivity contribution in [3.63, 3.8) is 0 Å². The molecule has 1 rings (SSSR count). The summed E-state index contributed by atoms with van der Waals surface area (Å²) in [6, 6.07) is 7.82. The molecule has 1 N–H and O–H groups in total. The van der Waals surface area contributed by atoms with Gasteiger partial charge in [0.05, 0.1) is 10.7 Å². The summed E-state index contributed by atoms with van der Waals surface area (Å²) in [6.45, 7) is 3.18. The monoisotopic (exact) mass is 183 g/mol. The molecular formula is C10H14ClN. The van der Waals surface area contributed by atoms with Crippen LogP contribution in [-0.4, -0.2) is 6.54 Å². The Morgan fingerprint density at radius 2 is 2.08 bits per heavy atom. The lowest BCUT2D eigenvalue weighted by atomic mass is 10.3. The maximum absolute atomic E-state index is 5.94. The number of anilines is 1. The molecule has 0 radical (unpaired) electrons. The number of para-hydroxylation sites is 1. The minimum absolute atomic E-state index is 0.800. The van der Waals surface area contributed by atoms with Crippen LogP contribution in [0, 0.1) is 0 Å². The van der Waals surface area contributed by atoms with Gasteiger partial charge in [-0.15, -0.1) is 0 Å². The lowest BCUT2D eigenvalue weighted by Crippen LogP contribution is -2.00. The van der Waals surface area contributed by atoms with Gasteiger partial charge >= 0.3 is 0 Å². The molecule has 0 heterocycles. The number of unbranched alkanes of at least 4 members (excludes halogenated alkanes) is 1.